The molecule has 0 saturated carbocycles. The number of rotatable bonds is 7. The monoisotopic (exact) mass is 293 g/mol. The number of aromatic hydroxyl groups is 1. The minimum absolute atomic E-state index is 0.0986. The average molecular weight is 293 g/mol. The van der Waals surface area contributed by atoms with Gasteiger partial charge in [0.2, 0.25) is 0 Å². The standard InChI is InChI=1S/C17H27NO3/c1-13(21-11-9-17(2,3)4)8-10-18-16(20)14-6-5-7-15(19)12-14/h5-7,12-13,19H,8-11H2,1-4H3,(H,18,20). The van der Waals surface area contributed by atoms with Crippen LogP contribution >= 0.6 is 0 Å². The first-order valence-corrected chi connectivity index (χ1v) is 7.47. The van der Waals surface area contributed by atoms with Crippen LogP contribution in [0.2, 0.25) is 0 Å². The van der Waals surface area contributed by atoms with Gasteiger partial charge in [-0.2, -0.15) is 0 Å². The maximum absolute atomic E-state index is 11.9. The summed E-state index contributed by atoms with van der Waals surface area (Å²) < 4.78 is 5.73. The highest BCUT2D eigenvalue weighted by Gasteiger charge is 2.11. The fourth-order valence-electron chi connectivity index (χ4n) is 1.79. The van der Waals surface area contributed by atoms with Gasteiger partial charge in [0.25, 0.3) is 5.91 Å². The van der Waals surface area contributed by atoms with Gasteiger partial charge in [0.05, 0.1) is 6.10 Å². The lowest BCUT2D eigenvalue weighted by atomic mass is 9.93. The summed E-state index contributed by atoms with van der Waals surface area (Å²) >= 11 is 0. The Kier molecular flexibility index (Phi) is 6.69. The van der Waals surface area contributed by atoms with E-state index in [1.165, 1.54) is 6.07 Å². The van der Waals surface area contributed by atoms with Crippen LogP contribution in [0.1, 0.15) is 50.9 Å². The molecule has 0 aliphatic heterocycles. The van der Waals surface area contributed by atoms with Crippen molar-refractivity contribution in [1.82, 2.24) is 5.32 Å². The van der Waals surface area contributed by atoms with E-state index in [-0.39, 0.29) is 23.2 Å². The Bertz CT molecular complexity index is 452. The van der Waals surface area contributed by atoms with E-state index in [0.717, 1.165) is 19.4 Å². The summed E-state index contributed by atoms with van der Waals surface area (Å²) in [6.45, 7) is 9.89. The average Bonchev–Trinajstić information content (AvgIpc) is 2.37. The van der Waals surface area contributed by atoms with Gasteiger partial charge in [-0.1, -0.05) is 26.8 Å². The molecule has 21 heavy (non-hydrogen) atoms. The number of phenolic OH excluding ortho intramolecular Hbond substituents is 1. The predicted molar refractivity (Wildman–Crippen MR) is 84.5 cm³/mol. The predicted octanol–water partition coefficient (Wildman–Crippen LogP) is 3.35. The third-order valence-corrected chi connectivity index (χ3v) is 3.20. The minimum atomic E-state index is -0.173. The molecule has 0 saturated heterocycles. The lowest BCUT2D eigenvalue weighted by Gasteiger charge is -2.20. The Hall–Kier alpha value is -1.55. The van der Waals surface area contributed by atoms with Gasteiger partial charge in [-0.15, -0.1) is 0 Å². The van der Waals surface area contributed by atoms with Crippen molar-refractivity contribution in [2.24, 2.45) is 5.41 Å². The van der Waals surface area contributed by atoms with Crippen LogP contribution in [-0.2, 0) is 4.74 Å². The maximum atomic E-state index is 11.9. The second-order valence-electron chi connectivity index (χ2n) is 6.59. The van der Waals surface area contributed by atoms with E-state index in [1.54, 1.807) is 18.2 Å². The molecule has 0 aromatic heterocycles. The number of amides is 1. The molecule has 1 amide bonds. The van der Waals surface area contributed by atoms with Gasteiger partial charge in [-0.3, -0.25) is 4.79 Å². The zero-order valence-electron chi connectivity index (χ0n) is 13.5. The van der Waals surface area contributed by atoms with Crippen molar-refractivity contribution in [3.05, 3.63) is 29.8 Å². The summed E-state index contributed by atoms with van der Waals surface area (Å²) in [7, 11) is 0. The number of benzene rings is 1. The van der Waals surface area contributed by atoms with Gasteiger partial charge in [0.1, 0.15) is 5.75 Å². The van der Waals surface area contributed by atoms with Crippen molar-refractivity contribution in [2.75, 3.05) is 13.2 Å². The highest BCUT2D eigenvalue weighted by atomic mass is 16.5. The van der Waals surface area contributed by atoms with E-state index in [2.05, 4.69) is 26.1 Å². The second-order valence-corrected chi connectivity index (χ2v) is 6.59. The largest absolute Gasteiger partial charge is 0.508 e. The number of carbonyl (C=O) groups excluding carboxylic acids is 1. The normalized spacial score (nSPS) is 13.0. The van der Waals surface area contributed by atoms with E-state index in [0.29, 0.717) is 12.1 Å². The van der Waals surface area contributed by atoms with Crippen molar-refractivity contribution in [2.45, 2.75) is 46.6 Å². The van der Waals surface area contributed by atoms with Gasteiger partial charge in [0, 0.05) is 18.7 Å². The van der Waals surface area contributed by atoms with Crippen molar-refractivity contribution in [1.29, 1.82) is 0 Å². The number of hydrogen-bond acceptors (Lipinski definition) is 3. The van der Waals surface area contributed by atoms with Crippen LogP contribution in [0, 0.1) is 5.41 Å². The Balaban J connectivity index is 2.22. The van der Waals surface area contributed by atoms with Crippen molar-refractivity contribution in [3.8, 4) is 5.75 Å². The van der Waals surface area contributed by atoms with Gasteiger partial charge in [0.15, 0.2) is 0 Å². The first kappa shape index (κ1) is 17.5. The lowest BCUT2D eigenvalue weighted by molar-refractivity contribution is 0.0441. The summed E-state index contributed by atoms with van der Waals surface area (Å²) in [5.41, 5.74) is 0.750. The fourth-order valence-corrected chi connectivity index (χ4v) is 1.79. The molecule has 0 radical (unpaired) electrons. The Morgan fingerprint density at radius 3 is 2.71 bits per heavy atom. The van der Waals surface area contributed by atoms with Crippen molar-refractivity contribution < 1.29 is 14.6 Å². The molecule has 4 heteroatoms. The Morgan fingerprint density at radius 1 is 1.38 bits per heavy atom. The quantitative estimate of drug-likeness (QED) is 0.810. The summed E-state index contributed by atoms with van der Waals surface area (Å²) in [5.74, 6) is -0.0747. The minimum Gasteiger partial charge on any atom is -0.508 e. The topological polar surface area (TPSA) is 58.6 Å². The third kappa shape index (κ3) is 7.71. The van der Waals surface area contributed by atoms with Crippen LogP contribution in [0.4, 0.5) is 0 Å². The molecule has 2 N–H and O–H groups in total. The maximum Gasteiger partial charge on any atom is 0.251 e. The summed E-state index contributed by atoms with van der Waals surface area (Å²) in [4.78, 5) is 11.9. The number of carbonyl (C=O) groups is 1. The molecule has 0 spiro atoms. The van der Waals surface area contributed by atoms with E-state index in [9.17, 15) is 9.90 Å². The first-order chi connectivity index (χ1) is 9.78. The Labute approximate surface area is 127 Å². The molecule has 1 rings (SSSR count). The van der Waals surface area contributed by atoms with E-state index in [1.807, 2.05) is 6.92 Å². The van der Waals surface area contributed by atoms with E-state index in [4.69, 9.17) is 4.74 Å². The zero-order valence-corrected chi connectivity index (χ0v) is 13.5. The van der Waals surface area contributed by atoms with Crippen LogP contribution in [0.5, 0.6) is 5.75 Å². The molecule has 0 heterocycles. The second kappa shape index (κ2) is 8.03. The number of ether oxygens (including phenoxy) is 1. The molecule has 1 aromatic rings. The van der Waals surface area contributed by atoms with Crippen LogP contribution in [-0.4, -0.2) is 30.3 Å². The fraction of sp³-hybridized carbons (Fsp3) is 0.588. The van der Waals surface area contributed by atoms with Gasteiger partial charge in [-0.05, 0) is 43.4 Å². The van der Waals surface area contributed by atoms with Crippen molar-refractivity contribution in [3.63, 3.8) is 0 Å². The van der Waals surface area contributed by atoms with Gasteiger partial charge in [-0.25, -0.2) is 0 Å². The van der Waals surface area contributed by atoms with Crippen LogP contribution < -0.4 is 5.32 Å². The summed E-state index contributed by atoms with van der Waals surface area (Å²) in [6, 6.07) is 6.33. The van der Waals surface area contributed by atoms with Crippen LogP contribution in [0.25, 0.3) is 0 Å². The molecule has 0 bridgehead atoms. The van der Waals surface area contributed by atoms with Gasteiger partial charge < -0.3 is 15.2 Å². The first-order valence-electron chi connectivity index (χ1n) is 7.47. The highest BCUT2D eigenvalue weighted by Crippen LogP contribution is 2.18. The van der Waals surface area contributed by atoms with Crippen molar-refractivity contribution >= 4 is 5.91 Å². The molecule has 1 atom stereocenters. The molecule has 0 aliphatic rings. The summed E-state index contributed by atoms with van der Waals surface area (Å²) in [6.07, 6.45) is 1.92. The number of nitrogens with one attached hydrogen (secondary N) is 1. The van der Waals surface area contributed by atoms with E-state index < -0.39 is 0 Å². The molecule has 0 aliphatic carbocycles. The zero-order chi connectivity index (χ0) is 15.9. The molecular formula is C17H27NO3. The highest BCUT2D eigenvalue weighted by molar-refractivity contribution is 5.94. The Morgan fingerprint density at radius 2 is 2.10 bits per heavy atom. The van der Waals surface area contributed by atoms with Gasteiger partial charge >= 0.3 is 0 Å². The number of hydrogen-bond donors (Lipinski definition) is 2. The van der Waals surface area contributed by atoms with Crippen LogP contribution in [0.15, 0.2) is 24.3 Å². The molecular weight excluding hydrogens is 266 g/mol. The SMILES string of the molecule is CC(CCNC(=O)c1cccc(O)c1)OCCC(C)(C)C. The molecule has 1 aromatic carbocycles. The summed E-state index contributed by atoms with van der Waals surface area (Å²) in [5, 5.41) is 12.2. The van der Waals surface area contributed by atoms with Crippen LogP contribution in [0.3, 0.4) is 0 Å². The molecule has 4 nitrogen and oxygen atoms in total. The van der Waals surface area contributed by atoms with E-state index >= 15 is 0 Å². The molecule has 118 valence electrons. The third-order valence-electron chi connectivity index (χ3n) is 3.20. The smallest absolute Gasteiger partial charge is 0.251 e. The number of phenols is 1. The lowest BCUT2D eigenvalue weighted by Crippen LogP contribution is -2.27. The molecule has 0 fully saturated rings. The molecule has 1 unspecified atom stereocenters.